The lowest BCUT2D eigenvalue weighted by atomic mass is 9.76. The Morgan fingerprint density at radius 2 is 1.46 bits per heavy atom. The number of rotatable bonds is 1. The number of pyridine rings is 1. The van der Waals surface area contributed by atoms with E-state index in [4.69, 9.17) is 14.3 Å². The van der Waals surface area contributed by atoms with E-state index in [9.17, 15) is 0 Å². The topological polar surface area (TPSA) is 31.4 Å². The van der Waals surface area contributed by atoms with E-state index >= 15 is 0 Å². The number of hydrogen-bond donors (Lipinski definition) is 0. The van der Waals surface area contributed by atoms with Crippen molar-refractivity contribution in [1.29, 1.82) is 0 Å². The number of aromatic nitrogens is 1. The number of benzene rings is 2. The van der Waals surface area contributed by atoms with Gasteiger partial charge in [-0.2, -0.15) is 0 Å². The van der Waals surface area contributed by atoms with Gasteiger partial charge in [-0.05, 0) is 39.8 Å². The highest BCUT2D eigenvalue weighted by Gasteiger charge is 2.52. The van der Waals surface area contributed by atoms with E-state index in [1.165, 1.54) is 10.1 Å². The lowest BCUT2D eigenvalue weighted by molar-refractivity contribution is 0.00578. The van der Waals surface area contributed by atoms with Crippen molar-refractivity contribution >= 4 is 55.1 Å². The first-order chi connectivity index (χ1) is 12.4. The van der Waals surface area contributed by atoms with Crippen LogP contribution in [0, 0.1) is 0 Å². The average molecular weight is 361 g/mol. The van der Waals surface area contributed by atoms with Crippen molar-refractivity contribution in [2.75, 3.05) is 0 Å². The Balaban J connectivity index is 1.87. The van der Waals surface area contributed by atoms with Crippen molar-refractivity contribution in [3.8, 4) is 0 Å². The van der Waals surface area contributed by atoms with Gasteiger partial charge < -0.3 is 9.31 Å². The molecule has 0 N–H and O–H groups in total. The van der Waals surface area contributed by atoms with Crippen molar-refractivity contribution in [1.82, 2.24) is 4.98 Å². The third kappa shape index (κ3) is 2.17. The predicted octanol–water partition coefficient (Wildman–Crippen LogP) is 4.90. The molecule has 0 amide bonds. The Morgan fingerprint density at radius 3 is 2.19 bits per heavy atom. The first-order valence-corrected chi connectivity index (χ1v) is 9.74. The number of thiophene rings is 1. The zero-order valence-corrected chi connectivity index (χ0v) is 16.2. The quantitative estimate of drug-likeness (QED) is 0.452. The minimum atomic E-state index is -0.400. The van der Waals surface area contributed by atoms with Crippen LogP contribution in [0.1, 0.15) is 27.7 Å². The summed E-state index contributed by atoms with van der Waals surface area (Å²) in [5, 5.41) is 2.29. The zero-order chi connectivity index (χ0) is 18.1. The lowest BCUT2D eigenvalue weighted by Crippen LogP contribution is -2.41. The molecule has 1 saturated heterocycles. The highest BCUT2D eigenvalue weighted by atomic mass is 32.1. The molecule has 1 fully saturated rings. The van der Waals surface area contributed by atoms with E-state index in [2.05, 4.69) is 70.2 Å². The summed E-state index contributed by atoms with van der Waals surface area (Å²) in [6, 6.07) is 16.7. The molecule has 2 aromatic heterocycles. The molecule has 2 aromatic carbocycles. The Bertz CT molecular complexity index is 1150. The van der Waals surface area contributed by atoms with Crippen molar-refractivity contribution < 1.29 is 9.31 Å². The van der Waals surface area contributed by atoms with Gasteiger partial charge >= 0.3 is 7.12 Å². The fourth-order valence-electron chi connectivity index (χ4n) is 3.56. The summed E-state index contributed by atoms with van der Waals surface area (Å²) in [5.41, 5.74) is 2.38. The van der Waals surface area contributed by atoms with Crippen molar-refractivity contribution in [2.45, 2.75) is 38.9 Å². The standard InChI is InChI=1S/C21H20BNO2S/c1-20(2)21(3,4)25-22(24-20)17-13-9-5-7-11-15(13)23-18-14-10-6-8-12-16(14)26-19(17)18/h5-12H,1-4H3. The van der Waals surface area contributed by atoms with E-state index < -0.39 is 7.12 Å². The van der Waals surface area contributed by atoms with Crippen LogP contribution in [0.3, 0.4) is 0 Å². The average Bonchev–Trinajstić information content (AvgIpc) is 3.06. The van der Waals surface area contributed by atoms with Gasteiger partial charge in [0.2, 0.25) is 0 Å². The third-order valence-corrected chi connectivity index (χ3v) is 6.92. The van der Waals surface area contributed by atoms with Crippen LogP contribution in [0.5, 0.6) is 0 Å². The van der Waals surface area contributed by atoms with Crippen molar-refractivity contribution in [3.05, 3.63) is 48.5 Å². The molecule has 5 heteroatoms. The Hall–Kier alpha value is -1.95. The summed E-state index contributed by atoms with van der Waals surface area (Å²) < 4.78 is 15.2. The van der Waals surface area contributed by atoms with Gasteiger partial charge in [0.1, 0.15) is 0 Å². The molecule has 0 saturated carbocycles. The molecule has 1 aliphatic rings. The Kier molecular flexibility index (Phi) is 3.30. The largest absolute Gasteiger partial charge is 0.497 e. The third-order valence-electron chi connectivity index (χ3n) is 5.73. The lowest BCUT2D eigenvalue weighted by Gasteiger charge is -2.32. The molecule has 0 atom stereocenters. The molecule has 3 nitrogen and oxygen atoms in total. The van der Waals surface area contributed by atoms with Crippen LogP contribution in [0.25, 0.3) is 31.2 Å². The molecule has 130 valence electrons. The smallest absolute Gasteiger partial charge is 0.399 e. The first-order valence-electron chi connectivity index (χ1n) is 8.93. The molecule has 5 rings (SSSR count). The molecular formula is C21H20BNO2S. The SMILES string of the molecule is CC1(C)OB(c2c3ccccc3nc3c2sc2ccccc23)OC1(C)C. The summed E-state index contributed by atoms with van der Waals surface area (Å²) in [4.78, 5) is 4.97. The Morgan fingerprint density at radius 1 is 0.846 bits per heavy atom. The number of fused-ring (bicyclic) bond motifs is 4. The number of hydrogen-bond acceptors (Lipinski definition) is 4. The van der Waals surface area contributed by atoms with E-state index in [0.717, 1.165) is 26.6 Å². The number of para-hydroxylation sites is 1. The van der Waals surface area contributed by atoms with Gasteiger partial charge in [-0.1, -0.05) is 36.4 Å². The van der Waals surface area contributed by atoms with Crippen LogP contribution in [-0.2, 0) is 9.31 Å². The maximum atomic E-state index is 6.42. The molecular weight excluding hydrogens is 341 g/mol. The molecule has 0 bridgehead atoms. The fourth-order valence-corrected chi connectivity index (χ4v) is 4.77. The molecule has 0 radical (unpaired) electrons. The highest BCUT2D eigenvalue weighted by Crippen LogP contribution is 2.39. The van der Waals surface area contributed by atoms with Gasteiger partial charge in [0.05, 0.1) is 26.9 Å². The minimum absolute atomic E-state index is 0.370. The normalized spacial score (nSPS) is 19.0. The summed E-state index contributed by atoms with van der Waals surface area (Å²) in [7, 11) is -0.400. The van der Waals surface area contributed by atoms with Crippen LogP contribution >= 0.6 is 11.3 Å². The molecule has 1 aliphatic heterocycles. The van der Waals surface area contributed by atoms with Crippen LogP contribution in [0.15, 0.2) is 48.5 Å². The first kappa shape index (κ1) is 16.2. The fraction of sp³-hybridized carbons (Fsp3) is 0.286. The highest BCUT2D eigenvalue weighted by molar-refractivity contribution is 7.27. The second-order valence-electron chi connectivity index (χ2n) is 7.91. The minimum Gasteiger partial charge on any atom is -0.399 e. The second kappa shape index (κ2) is 5.29. The summed E-state index contributed by atoms with van der Waals surface area (Å²) in [5.74, 6) is 0. The van der Waals surface area contributed by atoms with E-state index in [1.807, 2.05) is 6.07 Å². The molecule has 0 spiro atoms. The van der Waals surface area contributed by atoms with Gasteiger partial charge in [-0.3, -0.25) is 0 Å². The van der Waals surface area contributed by atoms with Gasteiger partial charge in [0.15, 0.2) is 0 Å². The van der Waals surface area contributed by atoms with Crippen LogP contribution in [-0.4, -0.2) is 23.3 Å². The van der Waals surface area contributed by atoms with Crippen LogP contribution < -0.4 is 5.46 Å². The van der Waals surface area contributed by atoms with Gasteiger partial charge in [-0.15, -0.1) is 11.3 Å². The maximum absolute atomic E-state index is 6.42. The second-order valence-corrected chi connectivity index (χ2v) is 8.96. The van der Waals surface area contributed by atoms with Crippen molar-refractivity contribution in [2.24, 2.45) is 0 Å². The monoisotopic (exact) mass is 361 g/mol. The molecule has 0 aliphatic carbocycles. The maximum Gasteiger partial charge on any atom is 0.497 e. The van der Waals surface area contributed by atoms with Crippen molar-refractivity contribution in [3.63, 3.8) is 0 Å². The number of nitrogens with zero attached hydrogens (tertiary/aromatic N) is 1. The summed E-state index contributed by atoms with van der Waals surface area (Å²) in [6.45, 7) is 8.38. The molecule has 0 unspecified atom stereocenters. The van der Waals surface area contributed by atoms with E-state index in [-0.39, 0.29) is 11.2 Å². The molecule has 26 heavy (non-hydrogen) atoms. The van der Waals surface area contributed by atoms with E-state index in [1.54, 1.807) is 11.3 Å². The van der Waals surface area contributed by atoms with Crippen LogP contribution in [0.4, 0.5) is 0 Å². The summed E-state index contributed by atoms with van der Waals surface area (Å²) >= 11 is 1.77. The van der Waals surface area contributed by atoms with Gasteiger partial charge in [0.25, 0.3) is 0 Å². The molecule has 4 aromatic rings. The van der Waals surface area contributed by atoms with Crippen LogP contribution in [0.2, 0.25) is 0 Å². The predicted molar refractivity (Wildman–Crippen MR) is 110 cm³/mol. The molecule has 3 heterocycles. The summed E-state index contributed by atoms with van der Waals surface area (Å²) in [6.07, 6.45) is 0. The Labute approximate surface area is 157 Å². The van der Waals surface area contributed by atoms with Gasteiger partial charge in [0, 0.05) is 20.9 Å². The van der Waals surface area contributed by atoms with E-state index in [0.29, 0.717) is 0 Å². The van der Waals surface area contributed by atoms with Gasteiger partial charge in [-0.25, -0.2) is 4.98 Å². The zero-order valence-electron chi connectivity index (χ0n) is 15.4.